The Morgan fingerprint density at radius 2 is 1.93 bits per heavy atom. The molecule has 1 aromatic carbocycles. The molecule has 0 spiro atoms. The van der Waals surface area contributed by atoms with Crippen LogP contribution < -0.4 is 19.7 Å². The number of benzene rings is 1. The minimum atomic E-state index is -0.559. The maximum Gasteiger partial charge on any atom is 0.255 e. The molecule has 30 heavy (non-hydrogen) atoms. The van der Waals surface area contributed by atoms with E-state index in [0.717, 1.165) is 30.9 Å². The number of aliphatic hydroxyl groups is 1. The second kappa shape index (κ2) is 7.80. The molecule has 4 atom stereocenters. The van der Waals surface area contributed by atoms with E-state index in [4.69, 9.17) is 9.47 Å². The molecule has 2 N–H and O–H groups in total. The number of aromatic nitrogens is 1. The number of anilines is 1. The topological polar surface area (TPSA) is 83.9 Å². The summed E-state index contributed by atoms with van der Waals surface area (Å²) in [7, 11) is 0. The van der Waals surface area contributed by atoms with Gasteiger partial charge in [0.25, 0.3) is 5.91 Å². The molecular weight excluding hydrogens is 382 g/mol. The van der Waals surface area contributed by atoms with E-state index >= 15 is 0 Å². The maximum absolute atomic E-state index is 13.0. The van der Waals surface area contributed by atoms with E-state index < -0.39 is 6.10 Å². The average Bonchev–Trinajstić information content (AvgIpc) is 3.16. The van der Waals surface area contributed by atoms with Gasteiger partial charge in [-0.15, -0.1) is 0 Å². The van der Waals surface area contributed by atoms with Crippen LogP contribution in [0.25, 0.3) is 0 Å². The molecule has 2 fully saturated rings. The van der Waals surface area contributed by atoms with Crippen LogP contribution in [0.2, 0.25) is 0 Å². The van der Waals surface area contributed by atoms with Crippen molar-refractivity contribution < 1.29 is 19.4 Å². The number of para-hydroxylation sites is 1. The number of hydrogen-bond acceptors (Lipinski definition) is 6. The zero-order chi connectivity index (χ0) is 20.7. The van der Waals surface area contributed by atoms with E-state index in [1.54, 1.807) is 18.2 Å². The highest BCUT2D eigenvalue weighted by molar-refractivity contribution is 5.98. The molecule has 0 bridgehead atoms. The van der Waals surface area contributed by atoms with Gasteiger partial charge < -0.3 is 24.8 Å². The SMILES string of the molecule is Cc1cccnc1N1C[C@H]2C[C@H](O)[C@@H](NC(=O)c3cccc4c3OCCO4)C[C@H]2C1. The molecule has 5 rings (SSSR count). The van der Waals surface area contributed by atoms with Gasteiger partial charge in [0.2, 0.25) is 0 Å². The van der Waals surface area contributed by atoms with E-state index in [9.17, 15) is 9.90 Å². The van der Waals surface area contributed by atoms with Crippen LogP contribution in [0.1, 0.15) is 28.8 Å². The lowest BCUT2D eigenvalue weighted by Crippen LogP contribution is -2.49. The van der Waals surface area contributed by atoms with Gasteiger partial charge in [0.1, 0.15) is 19.0 Å². The van der Waals surface area contributed by atoms with Crippen molar-refractivity contribution in [2.24, 2.45) is 11.8 Å². The molecule has 7 nitrogen and oxygen atoms in total. The summed E-state index contributed by atoms with van der Waals surface area (Å²) in [6.07, 6.45) is 2.71. The van der Waals surface area contributed by atoms with Crippen LogP contribution in [-0.4, -0.2) is 54.4 Å². The summed E-state index contributed by atoms with van der Waals surface area (Å²) in [5.74, 6) is 2.71. The molecule has 1 saturated heterocycles. The third kappa shape index (κ3) is 3.47. The third-order valence-electron chi connectivity index (χ3n) is 6.55. The Kier molecular flexibility index (Phi) is 4.98. The number of fused-ring (bicyclic) bond motifs is 2. The average molecular weight is 409 g/mol. The van der Waals surface area contributed by atoms with Gasteiger partial charge in [0.05, 0.1) is 17.7 Å². The highest BCUT2D eigenvalue weighted by Crippen LogP contribution is 2.39. The second-order valence-corrected chi connectivity index (χ2v) is 8.52. The molecule has 2 aliphatic heterocycles. The summed E-state index contributed by atoms with van der Waals surface area (Å²) < 4.78 is 11.3. The lowest BCUT2D eigenvalue weighted by atomic mass is 9.77. The Hall–Kier alpha value is -2.80. The van der Waals surface area contributed by atoms with E-state index in [2.05, 4.69) is 28.2 Å². The fraction of sp³-hybridized carbons (Fsp3) is 0.478. The molecule has 3 aliphatic rings. The van der Waals surface area contributed by atoms with Crippen LogP contribution in [0.3, 0.4) is 0 Å². The molecule has 1 saturated carbocycles. The van der Waals surface area contributed by atoms with Crippen LogP contribution >= 0.6 is 0 Å². The zero-order valence-electron chi connectivity index (χ0n) is 17.1. The van der Waals surface area contributed by atoms with Gasteiger partial charge in [-0.3, -0.25) is 4.79 Å². The molecule has 0 unspecified atom stereocenters. The van der Waals surface area contributed by atoms with E-state index in [-0.39, 0.29) is 11.9 Å². The number of nitrogens with zero attached hydrogens (tertiary/aromatic N) is 2. The standard InChI is InChI=1S/C23H27N3O4/c1-14-4-3-7-24-22(14)26-12-15-10-18(19(27)11-16(15)13-26)25-23(28)17-5-2-6-20-21(17)30-9-8-29-20/h2-7,15-16,18-19,27H,8-13H2,1H3,(H,25,28)/t15-,16+,18-,19-/m0/s1. The van der Waals surface area contributed by atoms with Gasteiger partial charge >= 0.3 is 0 Å². The van der Waals surface area contributed by atoms with Crippen LogP contribution in [0, 0.1) is 18.8 Å². The van der Waals surface area contributed by atoms with Crippen molar-refractivity contribution in [1.29, 1.82) is 0 Å². The fourth-order valence-electron chi connectivity index (χ4n) is 5.07. The number of aryl methyl sites for hydroxylation is 1. The normalized spacial score (nSPS) is 27.5. The van der Waals surface area contributed by atoms with Gasteiger partial charge in [-0.1, -0.05) is 12.1 Å². The molecule has 158 valence electrons. The number of hydrogen-bond donors (Lipinski definition) is 2. The lowest BCUT2D eigenvalue weighted by Gasteiger charge is -2.35. The first-order valence-electron chi connectivity index (χ1n) is 10.6. The smallest absolute Gasteiger partial charge is 0.255 e. The Bertz CT molecular complexity index is 950. The number of nitrogens with one attached hydrogen (secondary N) is 1. The number of pyridine rings is 1. The number of carbonyl (C=O) groups is 1. The molecule has 1 aromatic heterocycles. The third-order valence-corrected chi connectivity index (χ3v) is 6.55. The predicted octanol–water partition coefficient (Wildman–Crippen LogP) is 2.17. The minimum Gasteiger partial charge on any atom is -0.486 e. The van der Waals surface area contributed by atoms with Crippen LogP contribution in [0.15, 0.2) is 36.5 Å². The van der Waals surface area contributed by atoms with E-state index in [0.29, 0.717) is 48.5 Å². The van der Waals surface area contributed by atoms with Gasteiger partial charge in [0, 0.05) is 19.3 Å². The number of ether oxygens (including phenoxy) is 2. The van der Waals surface area contributed by atoms with Gasteiger partial charge in [-0.25, -0.2) is 4.98 Å². The predicted molar refractivity (Wildman–Crippen MR) is 112 cm³/mol. The first-order valence-corrected chi connectivity index (χ1v) is 10.6. The molecule has 1 amide bonds. The monoisotopic (exact) mass is 409 g/mol. The zero-order valence-corrected chi connectivity index (χ0v) is 17.1. The second-order valence-electron chi connectivity index (χ2n) is 8.52. The molecular formula is C23H27N3O4. The molecule has 0 radical (unpaired) electrons. The van der Waals surface area contributed by atoms with Crippen LogP contribution in [0.4, 0.5) is 5.82 Å². The summed E-state index contributed by atoms with van der Waals surface area (Å²) in [5.41, 5.74) is 1.62. The minimum absolute atomic E-state index is 0.227. The maximum atomic E-state index is 13.0. The first-order chi connectivity index (χ1) is 14.6. The number of rotatable bonds is 3. The quantitative estimate of drug-likeness (QED) is 0.808. The Morgan fingerprint density at radius 3 is 2.77 bits per heavy atom. The fourth-order valence-corrected chi connectivity index (χ4v) is 5.07. The Labute approximate surface area is 176 Å². The van der Waals surface area contributed by atoms with E-state index in [1.807, 2.05) is 12.3 Å². The van der Waals surface area contributed by atoms with Crippen molar-refractivity contribution in [3.63, 3.8) is 0 Å². The molecule has 2 aromatic rings. The Morgan fingerprint density at radius 1 is 1.13 bits per heavy atom. The van der Waals surface area contributed by atoms with Crippen LogP contribution in [-0.2, 0) is 0 Å². The largest absolute Gasteiger partial charge is 0.486 e. The lowest BCUT2D eigenvalue weighted by molar-refractivity contribution is 0.0459. The van der Waals surface area contributed by atoms with Gasteiger partial charge in [-0.05, 0) is 55.4 Å². The summed E-state index contributed by atoms with van der Waals surface area (Å²) in [6.45, 7) is 4.79. The number of aliphatic hydroxyl groups excluding tert-OH is 1. The van der Waals surface area contributed by atoms with Crippen molar-refractivity contribution >= 4 is 11.7 Å². The number of amides is 1. The first kappa shape index (κ1) is 19.2. The summed E-state index contributed by atoms with van der Waals surface area (Å²) in [6, 6.07) is 9.09. The highest BCUT2D eigenvalue weighted by atomic mass is 16.6. The summed E-state index contributed by atoms with van der Waals surface area (Å²) in [5, 5.41) is 13.8. The van der Waals surface area contributed by atoms with Crippen molar-refractivity contribution in [2.45, 2.75) is 31.9 Å². The summed E-state index contributed by atoms with van der Waals surface area (Å²) >= 11 is 0. The van der Waals surface area contributed by atoms with Gasteiger partial charge in [-0.2, -0.15) is 0 Å². The highest BCUT2D eigenvalue weighted by Gasteiger charge is 2.43. The Balaban J connectivity index is 1.28. The van der Waals surface area contributed by atoms with Crippen molar-refractivity contribution in [3.8, 4) is 11.5 Å². The van der Waals surface area contributed by atoms with Crippen LogP contribution in [0.5, 0.6) is 11.5 Å². The molecule has 1 aliphatic carbocycles. The molecule has 3 heterocycles. The van der Waals surface area contributed by atoms with Gasteiger partial charge in [0.15, 0.2) is 11.5 Å². The number of carbonyl (C=O) groups excluding carboxylic acids is 1. The van der Waals surface area contributed by atoms with Crippen molar-refractivity contribution in [1.82, 2.24) is 10.3 Å². The van der Waals surface area contributed by atoms with Crippen molar-refractivity contribution in [2.75, 3.05) is 31.2 Å². The van der Waals surface area contributed by atoms with Crippen molar-refractivity contribution in [3.05, 3.63) is 47.7 Å². The summed E-state index contributed by atoms with van der Waals surface area (Å²) in [4.78, 5) is 19.8. The molecule has 7 heteroatoms. The van der Waals surface area contributed by atoms with E-state index in [1.165, 1.54) is 0 Å².